The van der Waals surface area contributed by atoms with Gasteiger partial charge in [0.1, 0.15) is 41.1 Å². The fourth-order valence-corrected chi connectivity index (χ4v) is 3.21. The van der Waals surface area contributed by atoms with Gasteiger partial charge in [0.15, 0.2) is 0 Å². The molecule has 2 aromatic carbocycles. The topological polar surface area (TPSA) is 119 Å². The minimum absolute atomic E-state index is 0.0818. The summed E-state index contributed by atoms with van der Waals surface area (Å²) >= 11 is 0. The van der Waals surface area contributed by atoms with Gasteiger partial charge in [0.2, 0.25) is 0 Å². The molecular weight excluding hydrogens is 506 g/mol. The minimum Gasteiger partial charge on any atom is -0.497 e. The van der Waals surface area contributed by atoms with Crippen molar-refractivity contribution in [1.29, 1.82) is 0 Å². The van der Waals surface area contributed by atoms with Crippen molar-refractivity contribution in [3.63, 3.8) is 0 Å². The van der Waals surface area contributed by atoms with Crippen molar-refractivity contribution in [1.82, 2.24) is 5.32 Å². The van der Waals surface area contributed by atoms with E-state index in [1.54, 1.807) is 84.2 Å². The molecule has 0 saturated heterocycles. The number of methoxy groups -OCH3 is 2. The third-order valence-electron chi connectivity index (χ3n) is 5.62. The van der Waals surface area contributed by atoms with E-state index in [4.69, 9.17) is 28.4 Å². The van der Waals surface area contributed by atoms with Crippen LogP contribution in [-0.4, -0.2) is 49.7 Å². The molecule has 1 amide bonds. The largest absolute Gasteiger partial charge is 0.514 e. The third kappa shape index (κ3) is 10.7. The quantitative estimate of drug-likeness (QED) is 0.219. The van der Waals surface area contributed by atoms with Crippen molar-refractivity contribution in [2.75, 3.05) is 14.2 Å². The van der Waals surface area contributed by atoms with Gasteiger partial charge in [-0.3, -0.25) is 0 Å². The highest BCUT2D eigenvalue weighted by Crippen LogP contribution is 2.25. The average Bonchev–Trinajstić information content (AvgIpc) is 2.86. The van der Waals surface area contributed by atoms with E-state index in [1.807, 2.05) is 6.92 Å². The lowest BCUT2D eigenvalue weighted by atomic mass is 10.1. The monoisotopic (exact) mass is 545 g/mol. The van der Waals surface area contributed by atoms with Crippen LogP contribution in [0.25, 0.3) is 0 Å². The van der Waals surface area contributed by atoms with Crippen molar-refractivity contribution >= 4 is 18.2 Å². The first-order chi connectivity index (χ1) is 18.2. The number of esters is 1. The number of ether oxygens (including phenoxy) is 6. The molecule has 0 spiro atoms. The Morgan fingerprint density at radius 1 is 0.872 bits per heavy atom. The molecule has 1 atom stereocenters. The Morgan fingerprint density at radius 3 is 2.08 bits per heavy atom. The summed E-state index contributed by atoms with van der Waals surface area (Å²) < 4.78 is 32.0. The molecule has 1 N–H and O–H groups in total. The molecule has 2 aromatic rings. The molecule has 0 aliphatic heterocycles. The van der Waals surface area contributed by atoms with E-state index in [1.165, 1.54) is 7.11 Å². The van der Waals surface area contributed by atoms with Crippen LogP contribution in [0.3, 0.4) is 0 Å². The van der Waals surface area contributed by atoms with Crippen molar-refractivity contribution in [2.24, 2.45) is 0 Å². The van der Waals surface area contributed by atoms with Crippen LogP contribution in [0.1, 0.15) is 59.1 Å². The van der Waals surface area contributed by atoms with Crippen LogP contribution in [0.15, 0.2) is 42.5 Å². The van der Waals surface area contributed by atoms with Crippen LogP contribution in [0, 0.1) is 0 Å². The molecule has 0 radical (unpaired) electrons. The van der Waals surface area contributed by atoms with E-state index in [9.17, 15) is 14.4 Å². The molecule has 2 rings (SSSR count). The maximum atomic E-state index is 13.1. The first kappa shape index (κ1) is 31.3. The molecule has 39 heavy (non-hydrogen) atoms. The predicted molar refractivity (Wildman–Crippen MR) is 144 cm³/mol. The Balaban J connectivity index is 2.13. The lowest BCUT2D eigenvalue weighted by molar-refractivity contribution is -0.147. The van der Waals surface area contributed by atoms with Gasteiger partial charge in [0, 0.05) is 18.1 Å². The normalized spacial score (nSPS) is 12.1. The summed E-state index contributed by atoms with van der Waals surface area (Å²) in [6.45, 7) is 10.6. The number of alkyl carbamates (subject to hydrolysis) is 1. The van der Waals surface area contributed by atoms with E-state index < -0.39 is 35.5 Å². The molecule has 0 heterocycles. The Morgan fingerprint density at radius 2 is 1.51 bits per heavy atom. The summed E-state index contributed by atoms with van der Waals surface area (Å²) in [5, 5.41) is 2.59. The molecule has 214 valence electrons. The van der Waals surface area contributed by atoms with Gasteiger partial charge in [-0.25, -0.2) is 14.4 Å². The Hall–Kier alpha value is -3.95. The van der Waals surface area contributed by atoms with Crippen molar-refractivity contribution in [2.45, 2.75) is 78.2 Å². The molecule has 0 aliphatic carbocycles. The Kier molecular flexibility index (Phi) is 11.0. The molecule has 0 fully saturated rings. The number of hydrogen-bond acceptors (Lipinski definition) is 9. The standard InChI is InChI=1S/C29H39NO9/c1-9-29(5,6)39-27(33)37-21-13-10-19(11-14-21)16-23(30-26(32)38-28(2,3)4)25(31)36-18-20-12-15-22(34-7)17-24(20)35-8/h10-15,17,23H,9,16,18H2,1-8H3,(H,30,32)/t23-/m1/s1. The van der Waals surface area contributed by atoms with Crippen molar-refractivity contribution in [3.8, 4) is 17.2 Å². The molecule has 0 aliphatic rings. The van der Waals surface area contributed by atoms with Crippen LogP contribution >= 0.6 is 0 Å². The lowest BCUT2D eigenvalue weighted by Crippen LogP contribution is -2.45. The highest BCUT2D eigenvalue weighted by Gasteiger charge is 2.27. The number of carbonyl (C=O) groups is 3. The summed E-state index contributed by atoms with van der Waals surface area (Å²) in [5.41, 5.74) is -0.0881. The van der Waals surface area contributed by atoms with Crippen LogP contribution in [0.2, 0.25) is 0 Å². The Bertz CT molecular complexity index is 1120. The molecular formula is C29H39NO9. The van der Waals surface area contributed by atoms with E-state index in [0.717, 1.165) is 0 Å². The summed E-state index contributed by atoms with van der Waals surface area (Å²) in [6.07, 6.45) is -0.829. The highest BCUT2D eigenvalue weighted by molar-refractivity contribution is 5.82. The van der Waals surface area contributed by atoms with E-state index in [-0.39, 0.29) is 18.8 Å². The molecule has 10 nitrogen and oxygen atoms in total. The fraction of sp³-hybridized carbons (Fsp3) is 0.483. The molecule has 0 unspecified atom stereocenters. The fourth-order valence-electron chi connectivity index (χ4n) is 3.21. The van der Waals surface area contributed by atoms with Gasteiger partial charge in [0.25, 0.3) is 0 Å². The SMILES string of the molecule is CCC(C)(C)OC(=O)Oc1ccc(C[C@@H](NC(=O)OC(C)(C)C)C(=O)OCc2ccc(OC)cc2OC)cc1. The van der Waals surface area contributed by atoms with Gasteiger partial charge in [-0.1, -0.05) is 19.1 Å². The van der Waals surface area contributed by atoms with Crippen molar-refractivity contribution < 1.29 is 42.8 Å². The second-order valence-corrected chi connectivity index (χ2v) is 10.4. The maximum absolute atomic E-state index is 13.1. The Labute approximate surface area is 229 Å². The highest BCUT2D eigenvalue weighted by atomic mass is 16.7. The zero-order valence-corrected chi connectivity index (χ0v) is 23.9. The molecule has 0 saturated carbocycles. The van der Waals surface area contributed by atoms with Gasteiger partial charge >= 0.3 is 18.2 Å². The number of amides is 1. The third-order valence-corrected chi connectivity index (χ3v) is 5.62. The first-order valence-corrected chi connectivity index (χ1v) is 12.6. The second kappa shape index (κ2) is 13.7. The maximum Gasteiger partial charge on any atom is 0.514 e. The number of carbonyl (C=O) groups excluding carboxylic acids is 3. The summed E-state index contributed by atoms with van der Waals surface area (Å²) in [4.78, 5) is 37.6. The molecule has 0 bridgehead atoms. The number of benzene rings is 2. The summed E-state index contributed by atoms with van der Waals surface area (Å²) in [7, 11) is 3.05. The van der Waals surface area contributed by atoms with Crippen LogP contribution < -0.4 is 19.5 Å². The number of rotatable bonds is 11. The van der Waals surface area contributed by atoms with Crippen LogP contribution in [0.5, 0.6) is 17.2 Å². The zero-order valence-electron chi connectivity index (χ0n) is 23.9. The van der Waals surface area contributed by atoms with Gasteiger partial charge in [0.05, 0.1) is 14.2 Å². The second-order valence-electron chi connectivity index (χ2n) is 10.4. The van der Waals surface area contributed by atoms with Crippen LogP contribution in [0.4, 0.5) is 9.59 Å². The van der Waals surface area contributed by atoms with E-state index in [2.05, 4.69) is 5.32 Å². The zero-order chi connectivity index (χ0) is 29.2. The molecule has 10 heteroatoms. The van der Waals surface area contributed by atoms with Crippen LogP contribution in [-0.2, 0) is 32.0 Å². The van der Waals surface area contributed by atoms with Gasteiger partial charge in [-0.15, -0.1) is 0 Å². The lowest BCUT2D eigenvalue weighted by Gasteiger charge is -2.23. The van der Waals surface area contributed by atoms with Gasteiger partial charge in [-0.2, -0.15) is 0 Å². The average molecular weight is 546 g/mol. The summed E-state index contributed by atoms with van der Waals surface area (Å²) in [6, 6.07) is 10.6. The van der Waals surface area contributed by atoms with Gasteiger partial charge in [-0.05, 0) is 70.9 Å². The predicted octanol–water partition coefficient (Wildman–Crippen LogP) is 5.59. The van der Waals surface area contributed by atoms with E-state index in [0.29, 0.717) is 29.0 Å². The number of nitrogens with one attached hydrogen (secondary N) is 1. The number of hydrogen-bond donors (Lipinski definition) is 1. The van der Waals surface area contributed by atoms with Crippen molar-refractivity contribution in [3.05, 3.63) is 53.6 Å². The van der Waals surface area contributed by atoms with E-state index >= 15 is 0 Å². The molecule has 0 aromatic heterocycles. The first-order valence-electron chi connectivity index (χ1n) is 12.6. The summed E-state index contributed by atoms with van der Waals surface area (Å²) in [5.74, 6) is 0.710. The van der Waals surface area contributed by atoms with Gasteiger partial charge < -0.3 is 33.7 Å². The minimum atomic E-state index is -1.05. The smallest absolute Gasteiger partial charge is 0.497 e.